The molecule has 0 unspecified atom stereocenters. The third-order valence-corrected chi connectivity index (χ3v) is 2.28. The summed E-state index contributed by atoms with van der Waals surface area (Å²) in [6, 6.07) is 0. The Balaban J connectivity index is -0.000000114. The van der Waals surface area contributed by atoms with Gasteiger partial charge in [-0.15, -0.1) is 0 Å². The molecule has 0 amide bonds. The standard InChI is InChI=1S/C9H19N.Cl2.Li.Zn.H/c1-8(2)6-5-7-9(3,4)10-8;1-2;;;/h10H,5-7H2,1-4H3;;;;/q;;+1;;-1. The monoisotopic (exact) mass is 283 g/mol. The average Bonchev–Trinajstić information content (AvgIpc) is 1.86. The van der Waals surface area contributed by atoms with E-state index in [9.17, 15) is 0 Å². The van der Waals surface area contributed by atoms with E-state index in [2.05, 4.69) is 54.7 Å². The van der Waals surface area contributed by atoms with Crippen LogP contribution in [0, 0.1) is 0 Å². The minimum absolute atomic E-state index is 0. The van der Waals surface area contributed by atoms with E-state index in [1.807, 2.05) is 0 Å². The Bertz CT molecular complexity index is 134. The fourth-order valence-electron chi connectivity index (χ4n) is 2.01. The van der Waals surface area contributed by atoms with E-state index in [-0.39, 0.29) is 39.8 Å². The van der Waals surface area contributed by atoms with Crippen LogP contribution in [0.3, 0.4) is 0 Å². The molecule has 1 rings (SSSR count). The fraction of sp³-hybridized carbons (Fsp3) is 1.00. The largest absolute Gasteiger partial charge is 1.00 e. The van der Waals surface area contributed by atoms with Crippen LogP contribution in [0.1, 0.15) is 48.4 Å². The molecule has 0 radical (unpaired) electrons. The van der Waals surface area contributed by atoms with Gasteiger partial charge in [0.2, 0.25) is 0 Å². The van der Waals surface area contributed by atoms with E-state index < -0.39 is 0 Å². The second-order valence-electron chi connectivity index (χ2n) is 4.75. The van der Waals surface area contributed by atoms with Gasteiger partial charge in [-0.25, -0.2) is 0 Å². The van der Waals surface area contributed by atoms with Gasteiger partial charge in [-0.3, -0.25) is 0 Å². The van der Waals surface area contributed by atoms with Gasteiger partial charge in [-0.2, -0.15) is 0 Å². The van der Waals surface area contributed by atoms with E-state index in [0.29, 0.717) is 11.1 Å². The second-order valence-corrected chi connectivity index (χ2v) is 4.75. The average molecular weight is 286 g/mol. The van der Waals surface area contributed by atoms with Crippen molar-refractivity contribution < 1.29 is 39.8 Å². The Morgan fingerprint density at radius 1 is 1.00 bits per heavy atom. The van der Waals surface area contributed by atoms with Crippen LogP contribution in [0.15, 0.2) is 0 Å². The summed E-state index contributed by atoms with van der Waals surface area (Å²) in [6.07, 6.45) is 4.00. The summed E-state index contributed by atoms with van der Waals surface area (Å²) in [5, 5.41) is 3.63. The Morgan fingerprint density at radius 2 is 1.29 bits per heavy atom. The zero-order chi connectivity index (χ0) is 9.83. The van der Waals surface area contributed by atoms with Crippen molar-refractivity contribution in [1.29, 1.82) is 0 Å². The predicted octanol–water partition coefficient (Wildman–Crippen LogP) is 0.810. The van der Waals surface area contributed by atoms with E-state index in [1.54, 1.807) is 0 Å². The molecular weight excluding hydrogens is 265 g/mol. The first-order chi connectivity index (χ1) is 5.41. The van der Waals surface area contributed by atoms with Gasteiger partial charge in [0.05, 0.1) is 0 Å². The molecule has 1 N–H and O–H groups in total. The van der Waals surface area contributed by atoms with Gasteiger partial charge in [-0.1, -0.05) is 0 Å². The molecule has 0 aliphatic carbocycles. The van der Waals surface area contributed by atoms with Crippen LogP contribution in [0.2, 0.25) is 0 Å². The molecule has 1 fully saturated rings. The van der Waals surface area contributed by atoms with Gasteiger partial charge in [0, 0.05) is 52.3 Å². The quantitative estimate of drug-likeness (QED) is 0.650. The Kier molecular flexibility index (Phi) is 13.3. The van der Waals surface area contributed by atoms with Crippen molar-refractivity contribution in [1.82, 2.24) is 5.32 Å². The van der Waals surface area contributed by atoms with Crippen molar-refractivity contribution in [2.75, 3.05) is 0 Å². The van der Waals surface area contributed by atoms with Gasteiger partial charge in [0.1, 0.15) is 0 Å². The summed E-state index contributed by atoms with van der Waals surface area (Å²) < 4.78 is 0. The van der Waals surface area contributed by atoms with E-state index >= 15 is 0 Å². The number of rotatable bonds is 0. The van der Waals surface area contributed by atoms with E-state index in [4.69, 9.17) is 0 Å². The maximum Gasteiger partial charge on any atom is 1.00 e. The van der Waals surface area contributed by atoms with Gasteiger partial charge in [0.15, 0.2) is 0 Å². The van der Waals surface area contributed by atoms with Gasteiger partial charge in [0.25, 0.3) is 0 Å². The molecule has 0 aromatic rings. The molecule has 1 saturated heterocycles. The van der Waals surface area contributed by atoms with Crippen molar-refractivity contribution in [2.24, 2.45) is 0 Å². The fourth-order valence-corrected chi connectivity index (χ4v) is 2.01. The summed E-state index contributed by atoms with van der Waals surface area (Å²) in [5.74, 6) is 0. The normalized spacial score (nSPS) is 21.9. The second kappa shape index (κ2) is 8.86. The molecule has 0 saturated carbocycles. The van der Waals surface area contributed by atoms with Crippen molar-refractivity contribution in [3.8, 4) is 0 Å². The minimum atomic E-state index is 0. The first kappa shape index (κ1) is 21.1. The molecule has 0 aromatic heterocycles. The molecule has 0 bridgehead atoms. The van der Waals surface area contributed by atoms with Crippen LogP contribution < -0.4 is 24.2 Å². The van der Waals surface area contributed by atoms with Crippen molar-refractivity contribution in [3.63, 3.8) is 0 Å². The predicted molar refractivity (Wildman–Crippen MR) is 58.0 cm³/mol. The smallest absolute Gasteiger partial charge is 1.00 e. The zero-order valence-corrected chi connectivity index (χ0v) is 14.6. The summed E-state index contributed by atoms with van der Waals surface area (Å²) >= 11 is 0. The molecule has 1 heterocycles. The molecule has 14 heavy (non-hydrogen) atoms. The molecule has 1 aliphatic rings. The maximum absolute atomic E-state index is 4.11. The summed E-state index contributed by atoms with van der Waals surface area (Å²) in [5.41, 5.74) is 0.726. The number of hydrogen-bond donors (Lipinski definition) is 1. The molecular formula is C9H20Cl2LiNZn. The molecule has 5 heteroatoms. The summed E-state index contributed by atoms with van der Waals surface area (Å²) in [6.45, 7) is 9.14. The topological polar surface area (TPSA) is 12.0 Å². The Morgan fingerprint density at radius 3 is 1.43 bits per heavy atom. The first-order valence-electron chi connectivity index (χ1n) is 4.35. The minimum Gasteiger partial charge on any atom is -1.00 e. The number of nitrogens with one attached hydrogen (secondary N) is 1. The molecule has 1 aliphatic heterocycles. The van der Waals surface area contributed by atoms with Crippen molar-refractivity contribution >= 4 is 21.7 Å². The number of halogens is 2. The Hall–Kier alpha value is 1.76. The molecule has 1 nitrogen and oxygen atoms in total. The molecule has 78 valence electrons. The van der Waals surface area contributed by atoms with Crippen LogP contribution in [0.5, 0.6) is 0 Å². The third kappa shape index (κ3) is 9.02. The van der Waals surface area contributed by atoms with Crippen LogP contribution in [-0.4, -0.2) is 11.1 Å². The number of hydrogen-bond acceptors (Lipinski definition) is 1. The summed E-state index contributed by atoms with van der Waals surface area (Å²) in [7, 11) is 8.22. The van der Waals surface area contributed by atoms with E-state index in [0.717, 1.165) is 0 Å². The number of piperidine rings is 1. The summed E-state index contributed by atoms with van der Waals surface area (Å²) in [4.78, 5) is 0. The van der Waals surface area contributed by atoms with Gasteiger partial charge < -0.3 is 6.74 Å². The van der Waals surface area contributed by atoms with Crippen LogP contribution >= 0.6 is 21.7 Å². The van der Waals surface area contributed by atoms with Gasteiger partial charge in [-0.05, 0) is 47.0 Å². The van der Waals surface area contributed by atoms with Crippen LogP contribution in [0.25, 0.3) is 0 Å². The molecule has 0 atom stereocenters. The van der Waals surface area contributed by atoms with E-state index in [1.165, 1.54) is 19.3 Å². The van der Waals surface area contributed by atoms with Crippen molar-refractivity contribution in [3.05, 3.63) is 0 Å². The first-order valence-corrected chi connectivity index (χ1v) is 5.49. The van der Waals surface area contributed by atoms with Crippen molar-refractivity contribution in [2.45, 2.75) is 58.0 Å². The Labute approximate surface area is 124 Å². The van der Waals surface area contributed by atoms with Crippen LogP contribution in [0.4, 0.5) is 0 Å². The molecule has 0 spiro atoms. The van der Waals surface area contributed by atoms with Gasteiger partial charge >= 0.3 is 18.9 Å². The zero-order valence-electron chi connectivity index (χ0n) is 11.1. The third-order valence-electron chi connectivity index (χ3n) is 2.28. The van der Waals surface area contributed by atoms with Crippen LogP contribution in [-0.2, 0) is 19.5 Å². The molecule has 0 aromatic carbocycles. The maximum atomic E-state index is 4.11. The SMILES string of the molecule is CC1(C)CCCC(C)(C)N1.ClCl.[H-].[Li+].[Zn].